The molecule has 1 saturated heterocycles. The molecule has 1 atom stereocenters. The van der Waals surface area contributed by atoms with E-state index in [0.29, 0.717) is 6.04 Å². The molecule has 0 aromatic carbocycles. The quantitative estimate of drug-likeness (QED) is 0.757. The molecule has 1 aliphatic rings. The third-order valence-corrected chi connectivity index (χ3v) is 4.21. The molecule has 2 heterocycles. The van der Waals surface area contributed by atoms with Crippen molar-refractivity contribution in [1.29, 1.82) is 0 Å². The maximum absolute atomic E-state index is 4.40. The monoisotopic (exact) mass is 397 g/mol. The summed E-state index contributed by atoms with van der Waals surface area (Å²) in [5, 5.41) is 3.43. The Morgan fingerprint density at radius 2 is 1.86 bits per heavy atom. The van der Waals surface area contributed by atoms with Crippen LogP contribution in [-0.4, -0.2) is 36.1 Å². The van der Waals surface area contributed by atoms with Crippen molar-refractivity contribution in [2.24, 2.45) is 5.92 Å². The first-order chi connectivity index (χ1) is 9.16. The molecular formula is C15H26BrCl2N3. The second-order valence-electron chi connectivity index (χ2n) is 5.69. The summed E-state index contributed by atoms with van der Waals surface area (Å²) in [5.74, 6) is 0.758. The van der Waals surface area contributed by atoms with Gasteiger partial charge in [-0.25, -0.2) is 4.98 Å². The summed E-state index contributed by atoms with van der Waals surface area (Å²) in [6, 6.07) is 4.79. The zero-order valence-electron chi connectivity index (χ0n) is 12.7. The van der Waals surface area contributed by atoms with Crippen LogP contribution in [0, 0.1) is 5.92 Å². The minimum absolute atomic E-state index is 0. The molecule has 1 N–H and O–H groups in total. The molecule has 1 aromatic rings. The summed E-state index contributed by atoms with van der Waals surface area (Å²) < 4.78 is 0.916. The topological polar surface area (TPSA) is 28.2 Å². The highest BCUT2D eigenvalue weighted by atomic mass is 79.9. The van der Waals surface area contributed by atoms with Crippen molar-refractivity contribution in [3.63, 3.8) is 0 Å². The number of pyridine rings is 1. The summed E-state index contributed by atoms with van der Waals surface area (Å²) in [4.78, 5) is 7.00. The van der Waals surface area contributed by atoms with Crippen molar-refractivity contribution in [2.45, 2.75) is 32.7 Å². The molecule has 21 heavy (non-hydrogen) atoms. The van der Waals surface area contributed by atoms with Crippen molar-refractivity contribution >= 4 is 40.7 Å². The fraction of sp³-hybridized carbons (Fsp3) is 0.667. The second-order valence-corrected chi connectivity index (χ2v) is 6.50. The standard InChI is InChI=1S/C15H24BrN3.2ClH/c1-12(2)3-5-14(19-9-7-17-8-10-19)13-4-6-15(16)18-11-13;;/h4,6,11-12,14,17H,3,5,7-10H2,1-2H3;2*1H/t14-;;/m1../s1. The van der Waals surface area contributed by atoms with Gasteiger partial charge >= 0.3 is 0 Å². The average molecular weight is 399 g/mol. The van der Waals surface area contributed by atoms with E-state index in [4.69, 9.17) is 0 Å². The Kier molecular flexibility index (Phi) is 10.9. The lowest BCUT2D eigenvalue weighted by molar-refractivity contribution is 0.159. The lowest BCUT2D eigenvalue weighted by Gasteiger charge is -2.35. The van der Waals surface area contributed by atoms with Gasteiger partial charge in [0.15, 0.2) is 0 Å². The Hall–Kier alpha value is 0.130. The number of nitrogens with zero attached hydrogens (tertiary/aromatic N) is 2. The number of aromatic nitrogens is 1. The van der Waals surface area contributed by atoms with Crippen LogP contribution in [0.3, 0.4) is 0 Å². The zero-order valence-corrected chi connectivity index (χ0v) is 15.9. The van der Waals surface area contributed by atoms with Crippen LogP contribution in [0.15, 0.2) is 22.9 Å². The zero-order chi connectivity index (χ0) is 13.7. The van der Waals surface area contributed by atoms with Gasteiger partial charge in [-0.05, 0) is 46.3 Å². The minimum Gasteiger partial charge on any atom is -0.314 e. The van der Waals surface area contributed by atoms with Gasteiger partial charge in [-0.1, -0.05) is 19.9 Å². The van der Waals surface area contributed by atoms with Crippen LogP contribution < -0.4 is 5.32 Å². The maximum Gasteiger partial charge on any atom is 0.106 e. The summed E-state index contributed by atoms with van der Waals surface area (Å²) in [6.45, 7) is 9.07. The van der Waals surface area contributed by atoms with Gasteiger partial charge in [0.2, 0.25) is 0 Å². The Labute approximate surface area is 149 Å². The summed E-state index contributed by atoms with van der Waals surface area (Å²) >= 11 is 3.42. The number of nitrogens with one attached hydrogen (secondary N) is 1. The highest BCUT2D eigenvalue weighted by Gasteiger charge is 2.22. The molecule has 122 valence electrons. The van der Waals surface area contributed by atoms with Gasteiger partial charge in [0.1, 0.15) is 4.60 Å². The predicted molar refractivity (Wildman–Crippen MR) is 97.7 cm³/mol. The second kappa shape index (κ2) is 10.8. The van der Waals surface area contributed by atoms with E-state index in [9.17, 15) is 0 Å². The summed E-state index contributed by atoms with van der Waals surface area (Å²) in [6.07, 6.45) is 4.52. The Morgan fingerprint density at radius 3 is 2.38 bits per heavy atom. The lowest BCUT2D eigenvalue weighted by Crippen LogP contribution is -2.45. The fourth-order valence-electron chi connectivity index (χ4n) is 2.63. The van der Waals surface area contributed by atoms with Crippen LogP contribution in [0.1, 0.15) is 38.3 Å². The molecular weight excluding hydrogens is 373 g/mol. The van der Waals surface area contributed by atoms with E-state index in [1.54, 1.807) is 0 Å². The van der Waals surface area contributed by atoms with E-state index in [2.05, 4.69) is 57.1 Å². The summed E-state index contributed by atoms with van der Waals surface area (Å²) in [5.41, 5.74) is 1.35. The van der Waals surface area contributed by atoms with Crippen molar-refractivity contribution < 1.29 is 0 Å². The van der Waals surface area contributed by atoms with Crippen molar-refractivity contribution in [3.8, 4) is 0 Å². The van der Waals surface area contributed by atoms with E-state index in [0.717, 1.165) is 36.7 Å². The Morgan fingerprint density at radius 1 is 1.19 bits per heavy atom. The molecule has 0 unspecified atom stereocenters. The van der Waals surface area contributed by atoms with Gasteiger partial charge in [0, 0.05) is 38.4 Å². The number of halogens is 3. The third-order valence-electron chi connectivity index (χ3n) is 3.74. The van der Waals surface area contributed by atoms with Gasteiger partial charge < -0.3 is 5.32 Å². The van der Waals surface area contributed by atoms with Crippen molar-refractivity contribution in [3.05, 3.63) is 28.5 Å². The highest BCUT2D eigenvalue weighted by molar-refractivity contribution is 9.10. The highest BCUT2D eigenvalue weighted by Crippen LogP contribution is 2.27. The first-order valence-corrected chi connectivity index (χ1v) is 8.02. The van der Waals surface area contributed by atoms with E-state index in [-0.39, 0.29) is 24.8 Å². The molecule has 1 fully saturated rings. The van der Waals surface area contributed by atoms with Gasteiger partial charge in [-0.3, -0.25) is 4.90 Å². The molecule has 0 bridgehead atoms. The average Bonchev–Trinajstić information content (AvgIpc) is 2.42. The SMILES string of the molecule is CC(C)CC[C@H](c1ccc(Br)nc1)N1CCNCC1.Cl.Cl. The predicted octanol–water partition coefficient (Wildman–Crippen LogP) is 4.07. The van der Waals surface area contributed by atoms with E-state index >= 15 is 0 Å². The van der Waals surface area contributed by atoms with E-state index in [1.165, 1.54) is 18.4 Å². The molecule has 3 nitrogen and oxygen atoms in total. The molecule has 0 amide bonds. The lowest BCUT2D eigenvalue weighted by atomic mass is 9.97. The first-order valence-electron chi connectivity index (χ1n) is 7.23. The van der Waals surface area contributed by atoms with Gasteiger partial charge in [-0.15, -0.1) is 24.8 Å². The van der Waals surface area contributed by atoms with Crippen LogP contribution >= 0.6 is 40.7 Å². The molecule has 6 heteroatoms. The van der Waals surface area contributed by atoms with E-state index < -0.39 is 0 Å². The number of hydrogen-bond donors (Lipinski definition) is 1. The van der Waals surface area contributed by atoms with Crippen LogP contribution in [0.2, 0.25) is 0 Å². The van der Waals surface area contributed by atoms with Crippen molar-refractivity contribution in [1.82, 2.24) is 15.2 Å². The van der Waals surface area contributed by atoms with Crippen LogP contribution in [-0.2, 0) is 0 Å². The molecule has 1 aromatic heterocycles. The normalized spacial score (nSPS) is 17.0. The molecule has 2 rings (SSSR count). The van der Waals surface area contributed by atoms with Gasteiger partial charge in [0.05, 0.1) is 0 Å². The first kappa shape index (κ1) is 21.1. The van der Waals surface area contributed by atoms with Gasteiger partial charge in [0.25, 0.3) is 0 Å². The van der Waals surface area contributed by atoms with Gasteiger partial charge in [-0.2, -0.15) is 0 Å². The Balaban J connectivity index is 0.00000200. The van der Waals surface area contributed by atoms with Crippen LogP contribution in [0.25, 0.3) is 0 Å². The number of rotatable bonds is 5. The third kappa shape index (κ3) is 6.83. The summed E-state index contributed by atoms with van der Waals surface area (Å²) in [7, 11) is 0. The molecule has 1 aliphatic heterocycles. The maximum atomic E-state index is 4.40. The minimum atomic E-state index is 0. The van der Waals surface area contributed by atoms with E-state index in [1.807, 2.05) is 6.20 Å². The molecule has 0 spiro atoms. The number of hydrogen-bond acceptors (Lipinski definition) is 3. The molecule has 0 aliphatic carbocycles. The van der Waals surface area contributed by atoms with Crippen LogP contribution in [0.5, 0.6) is 0 Å². The van der Waals surface area contributed by atoms with Crippen molar-refractivity contribution in [2.75, 3.05) is 26.2 Å². The number of piperazine rings is 1. The largest absolute Gasteiger partial charge is 0.314 e. The molecule has 0 radical (unpaired) electrons. The Bertz CT molecular complexity index is 381. The fourth-order valence-corrected chi connectivity index (χ4v) is 2.86. The molecule has 0 saturated carbocycles. The van der Waals surface area contributed by atoms with Crippen LogP contribution in [0.4, 0.5) is 0 Å². The smallest absolute Gasteiger partial charge is 0.106 e.